The molecular weight excluding hydrogens is 200 g/mol. The molecule has 4 heteroatoms. The molecule has 0 heterocycles. The minimum absolute atomic E-state index is 0.439. The summed E-state index contributed by atoms with van der Waals surface area (Å²) in [6, 6.07) is 4.87. The van der Waals surface area contributed by atoms with Gasteiger partial charge in [-0.15, -0.1) is 25.3 Å². The highest BCUT2D eigenvalue weighted by Crippen LogP contribution is 2.19. The van der Waals surface area contributed by atoms with Crippen LogP contribution >= 0.6 is 36.9 Å². The first-order chi connectivity index (χ1) is 5.11. The number of carbonyl (C=O) groups is 1. The van der Waals surface area contributed by atoms with Crippen molar-refractivity contribution in [3.05, 3.63) is 23.8 Å². The number of rotatable bonds is 1. The molecule has 0 atom stereocenters. The third-order valence-corrected chi connectivity index (χ3v) is 2.36. The second-order valence-corrected chi connectivity index (χ2v) is 3.28. The third-order valence-electron chi connectivity index (χ3n) is 1.20. The van der Waals surface area contributed by atoms with Crippen LogP contribution < -0.4 is 0 Å². The molecule has 58 valence electrons. The van der Waals surface area contributed by atoms with Gasteiger partial charge in [0.15, 0.2) is 0 Å². The summed E-state index contributed by atoms with van der Waals surface area (Å²) >= 11 is 13.4. The van der Waals surface area contributed by atoms with Crippen molar-refractivity contribution in [1.29, 1.82) is 0 Å². The molecule has 0 fully saturated rings. The standard InChI is InChI=1S/C7H5ClOS2/c8-7(9)4-1-2-5(10)6(11)3-4/h1-3,10-11H. The lowest BCUT2D eigenvalue weighted by Crippen LogP contribution is -1.87. The van der Waals surface area contributed by atoms with Crippen LogP contribution in [0.15, 0.2) is 28.0 Å². The van der Waals surface area contributed by atoms with Gasteiger partial charge in [-0.3, -0.25) is 4.79 Å². The van der Waals surface area contributed by atoms with Crippen LogP contribution in [0.5, 0.6) is 0 Å². The van der Waals surface area contributed by atoms with E-state index >= 15 is 0 Å². The zero-order valence-electron chi connectivity index (χ0n) is 5.41. The van der Waals surface area contributed by atoms with Crippen LogP contribution in [0.4, 0.5) is 0 Å². The summed E-state index contributed by atoms with van der Waals surface area (Å²) in [7, 11) is 0. The van der Waals surface area contributed by atoms with Crippen molar-refractivity contribution in [1.82, 2.24) is 0 Å². The second kappa shape index (κ2) is 3.52. The summed E-state index contributed by atoms with van der Waals surface area (Å²) < 4.78 is 0. The molecule has 0 bridgehead atoms. The highest BCUT2D eigenvalue weighted by molar-refractivity contribution is 7.83. The number of benzene rings is 1. The number of hydrogen-bond acceptors (Lipinski definition) is 3. The second-order valence-electron chi connectivity index (χ2n) is 1.98. The van der Waals surface area contributed by atoms with Gasteiger partial charge in [0, 0.05) is 15.4 Å². The first-order valence-corrected chi connectivity index (χ1v) is 4.10. The van der Waals surface area contributed by atoms with Crippen LogP contribution in [0.1, 0.15) is 10.4 Å². The summed E-state index contributed by atoms with van der Waals surface area (Å²) in [6.07, 6.45) is 0. The SMILES string of the molecule is O=C(Cl)c1ccc(S)c(S)c1. The average Bonchev–Trinajstić information content (AvgIpc) is 1.94. The van der Waals surface area contributed by atoms with Crippen LogP contribution in [-0.4, -0.2) is 5.24 Å². The van der Waals surface area contributed by atoms with Crippen LogP contribution in [0, 0.1) is 0 Å². The molecule has 1 nitrogen and oxygen atoms in total. The smallest absolute Gasteiger partial charge is 0.252 e. The van der Waals surface area contributed by atoms with Gasteiger partial charge < -0.3 is 0 Å². The van der Waals surface area contributed by atoms with Crippen LogP contribution in [0.2, 0.25) is 0 Å². The molecule has 1 aromatic rings. The van der Waals surface area contributed by atoms with Gasteiger partial charge in [0.2, 0.25) is 0 Å². The van der Waals surface area contributed by atoms with E-state index in [9.17, 15) is 4.79 Å². The van der Waals surface area contributed by atoms with Crippen molar-refractivity contribution in [2.24, 2.45) is 0 Å². The molecule has 0 aliphatic carbocycles. The fourth-order valence-electron chi connectivity index (χ4n) is 0.646. The largest absolute Gasteiger partial charge is 0.276 e. The zero-order valence-corrected chi connectivity index (χ0v) is 7.96. The quantitative estimate of drug-likeness (QED) is 0.532. The number of carbonyl (C=O) groups excluding carboxylic acids is 1. The molecule has 0 aromatic heterocycles. The van der Waals surface area contributed by atoms with E-state index in [4.69, 9.17) is 11.6 Å². The Hall–Kier alpha value is -0.120. The van der Waals surface area contributed by atoms with E-state index < -0.39 is 5.24 Å². The maximum absolute atomic E-state index is 10.6. The lowest BCUT2D eigenvalue weighted by atomic mass is 10.2. The summed E-state index contributed by atoms with van der Waals surface area (Å²) in [5.74, 6) is 0. The Morgan fingerprint density at radius 3 is 2.36 bits per heavy atom. The molecule has 0 radical (unpaired) electrons. The van der Waals surface area contributed by atoms with E-state index in [1.807, 2.05) is 0 Å². The monoisotopic (exact) mass is 204 g/mol. The molecule has 0 saturated heterocycles. The van der Waals surface area contributed by atoms with Crippen molar-refractivity contribution in [2.75, 3.05) is 0 Å². The van der Waals surface area contributed by atoms with Gasteiger partial charge in [-0.2, -0.15) is 0 Å². The van der Waals surface area contributed by atoms with Gasteiger partial charge in [0.25, 0.3) is 5.24 Å². The Labute approximate surface area is 80.6 Å². The number of halogens is 1. The summed E-state index contributed by atoms with van der Waals surface area (Å²) in [6.45, 7) is 0. The molecule has 0 saturated carbocycles. The topological polar surface area (TPSA) is 17.1 Å². The summed E-state index contributed by atoms with van der Waals surface area (Å²) in [5, 5.41) is -0.478. The fraction of sp³-hybridized carbons (Fsp3) is 0. The van der Waals surface area contributed by atoms with Gasteiger partial charge in [-0.05, 0) is 29.8 Å². The minimum Gasteiger partial charge on any atom is -0.276 e. The molecule has 0 N–H and O–H groups in total. The lowest BCUT2D eigenvalue weighted by molar-refractivity contribution is 0.108. The number of hydrogen-bond donors (Lipinski definition) is 2. The molecule has 0 spiro atoms. The van der Waals surface area contributed by atoms with Crippen LogP contribution in [0.3, 0.4) is 0 Å². The van der Waals surface area contributed by atoms with Crippen molar-refractivity contribution in [3.8, 4) is 0 Å². The molecular formula is C7H5ClOS2. The van der Waals surface area contributed by atoms with Gasteiger partial charge in [-0.25, -0.2) is 0 Å². The molecule has 0 aliphatic heterocycles. The Kier molecular flexibility index (Phi) is 2.87. The summed E-state index contributed by atoms with van der Waals surface area (Å²) in [5.41, 5.74) is 0.439. The van der Waals surface area contributed by atoms with E-state index in [1.54, 1.807) is 18.2 Å². The first-order valence-electron chi connectivity index (χ1n) is 2.83. The van der Waals surface area contributed by atoms with Gasteiger partial charge in [-0.1, -0.05) is 0 Å². The van der Waals surface area contributed by atoms with Gasteiger partial charge in [0.05, 0.1) is 0 Å². The molecule has 1 aromatic carbocycles. The fourth-order valence-corrected chi connectivity index (χ4v) is 1.12. The van der Waals surface area contributed by atoms with E-state index in [0.29, 0.717) is 10.5 Å². The van der Waals surface area contributed by atoms with Crippen molar-refractivity contribution in [3.63, 3.8) is 0 Å². The summed E-state index contributed by atoms with van der Waals surface area (Å²) in [4.78, 5) is 12.0. The normalized spacial score (nSPS) is 9.73. The average molecular weight is 205 g/mol. The molecule has 1 rings (SSSR count). The third kappa shape index (κ3) is 2.15. The minimum atomic E-state index is -0.478. The molecule has 11 heavy (non-hydrogen) atoms. The van der Waals surface area contributed by atoms with Crippen LogP contribution in [0.25, 0.3) is 0 Å². The van der Waals surface area contributed by atoms with Crippen LogP contribution in [-0.2, 0) is 0 Å². The maximum atomic E-state index is 10.6. The van der Waals surface area contributed by atoms with E-state index in [2.05, 4.69) is 25.3 Å². The maximum Gasteiger partial charge on any atom is 0.252 e. The van der Waals surface area contributed by atoms with Gasteiger partial charge >= 0.3 is 0 Å². The Bertz CT molecular complexity index is 298. The highest BCUT2D eigenvalue weighted by Gasteiger charge is 2.02. The Morgan fingerprint density at radius 1 is 1.27 bits per heavy atom. The zero-order chi connectivity index (χ0) is 8.43. The lowest BCUT2D eigenvalue weighted by Gasteiger charge is -1.98. The van der Waals surface area contributed by atoms with Gasteiger partial charge in [0.1, 0.15) is 0 Å². The molecule has 0 unspecified atom stereocenters. The van der Waals surface area contributed by atoms with Crippen molar-refractivity contribution >= 4 is 42.1 Å². The first kappa shape index (κ1) is 8.97. The highest BCUT2D eigenvalue weighted by atomic mass is 35.5. The molecule has 0 amide bonds. The predicted molar refractivity (Wildman–Crippen MR) is 51.1 cm³/mol. The molecule has 0 aliphatic rings. The van der Waals surface area contributed by atoms with Crippen molar-refractivity contribution in [2.45, 2.75) is 9.79 Å². The Balaban J connectivity index is 3.15. The number of thiol groups is 2. The Morgan fingerprint density at radius 2 is 1.91 bits per heavy atom. The predicted octanol–water partition coefficient (Wildman–Crippen LogP) is 2.64. The van der Waals surface area contributed by atoms with Crippen molar-refractivity contribution < 1.29 is 4.79 Å². The van der Waals surface area contributed by atoms with E-state index in [0.717, 1.165) is 4.90 Å². The van der Waals surface area contributed by atoms with E-state index in [-0.39, 0.29) is 0 Å². The van der Waals surface area contributed by atoms with E-state index in [1.165, 1.54) is 0 Å².